The Bertz CT molecular complexity index is 933. The molecule has 7 heteroatoms. The molecule has 3 aromatic rings. The molecule has 0 aliphatic heterocycles. The van der Waals surface area contributed by atoms with Gasteiger partial charge in [-0.3, -0.25) is 9.59 Å². The molecule has 2 aromatic carbocycles. The Labute approximate surface area is 143 Å². The second kappa shape index (κ2) is 6.96. The van der Waals surface area contributed by atoms with E-state index in [2.05, 4.69) is 15.5 Å². The van der Waals surface area contributed by atoms with Gasteiger partial charge >= 0.3 is 11.8 Å². The molecule has 1 N–H and O–H groups in total. The second-order valence-corrected chi connectivity index (χ2v) is 5.24. The number of benzene rings is 2. The number of carbonyl (C=O) groups excluding carboxylic acids is 2. The van der Waals surface area contributed by atoms with E-state index in [1.165, 1.54) is 6.92 Å². The van der Waals surface area contributed by atoms with E-state index in [1.54, 1.807) is 55.6 Å². The lowest BCUT2D eigenvalue weighted by Crippen LogP contribution is -2.12. The number of amides is 1. The fourth-order valence-electron chi connectivity index (χ4n) is 2.19. The molecule has 3 rings (SSSR count). The first-order valence-electron chi connectivity index (χ1n) is 7.47. The maximum Gasteiger partial charge on any atom is 0.313 e. The minimum Gasteiger partial charge on any atom is -0.497 e. The van der Waals surface area contributed by atoms with Crippen molar-refractivity contribution in [2.45, 2.75) is 6.92 Å². The molecule has 7 nitrogen and oxygen atoms in total. The molecule has 0 radical (unpaired) electrons. The van der Waals surface area contributed by atoms with Crippen LogP contribution >= 0.6 is 0 Å². The minimum atomic E-state index is -0.553. The first kappa shape index (κ1) is 16.4. The summed E-state index contributed by atoms with van der Waals surface area (Å²) in [7, 11) is 1.56. The van der Waals surface area contributed by atoms with Crippen molar-refractivity contribution >= 4 is 17.4 Å². The van der Waals surface area contributed by atoms with E-state index >= 15 is 0 Å². The average Bonchev–Trinajstić information content (AvgIpc) is 3.12. The van der Waals surface area contributed by atoms with Gasteiger partial charge in [0.25, 0.3) is 0 Å². The van der Waals surface area contributed by atoms with Crippen LogP contribution in [-0.4, -0.2) is 29.0 Å². The van der Waals surface area contributed by atoms with Crippen LogP contribution in [-0.2, 0) is 0 Å². The SMILES string of the molecule is COc1cccc(-c2nnc(C(=O)Nc3cccc(C(C)=O)c3)o2)c1. The summed E-state index contributed by atoms with van der Waals surface area (Å²) in [4.78, 5) is 23.6. The lowest BCUT2D eigenvalue weighted by Gasteiger charge is -2.03. The Balaban J connectivity index is 1.78. The van der Waals surface area contributed by atoms with Crippen LogP contribution in [0.1, 0.15) is 28.0 Å². The third kappa shape index (κ3) is 3.72. The van der Waals surface area contributed by atoms with E-state index in [9.17, 15) is 9.59 Å². The summed E-state index contributed by atoms with van der Waals surface area (Å²) in [5, 5.41) is 10.3. The van der Waals surface area contributed by atoms with E-state index in [1.807, 2.05) is 0 Å². The fraction of sp³-hybridized carbons (Fsp3) is 0.111. The van der Waals surface area contributed by atoms with Crippen LogP contribution in [0.2, 0.25) is 0 Å². The molecule has 0 saturated carbocycles. The molecule has 0 aliphatic carbocycles. The Morgan fingerprint density at radius 2 is 1.88 bits per heavy atom. The molecule has 0 bridgehead atoms. The molecule has 1 amide bonds. The molecular formula is C18H15N3O4. The van der Waals surface area contributed by atoms with Crippen molar-refractivity contribution in [2.75, 3.05) is 12.4 Å². The van der Waals surface area contributed by atoms with Crippen molar-refractivity contribution in [3.8, 4) is 17.2 Å². The first-order valence-corrected chi connectivity index (χ1v) is 7.47. The number of hydrogen-bond donors (Lipinski definition) is 1. The molecule has 0 unspecified atom stereocenters. The molecule has 0 atom stereocenters. The highest BCUT2D eigenvalue weighted by Crippen LogP contribution is 2.23. The van der Waals surface area contributed by atoms with E-state index in [-0.39, 0.29) is 17.6 Å². The Kier molecular flexibility index (Phi) is 4.56. The molecule has 1 heterocycles. The van der Waals surface area contributed by atoms with Gasteiger partial charge in [0.05, 0.1) is 7.11 Å². The van der Waals surface area contributed by atoms with Crippen molar-refractivity contribution in [1.29, 1.82) is 0 Å². The second-order valence-electron chi connectivity index (χ2n) is 5.24. The number of nitrogens with one attached hydrogen (secondary N) is 1. The summed E-state index contributed by atoms with van der Waals surface area (Å²) in [5.74, 6) is 0.0342. The van der Waals surface area contributed by atoms with E-state index in [0.29, 0.717) is 22.6 Å². The summed E-state index contributed by atoms with van der Waals surface area (Å²) < 4.78 is 10.6. The highest BCUT2D eigenvalue weighted by molar-refractivity contribution is 6.02. The van der Waals surface area contributed by atoms with Gasteiger partial charge in [-0.15, -0.1) is 10.2 Å². The van der Waals surface area contributed by atoms with Crippen LogP contribution in [0.15, 0.2) is 52.9 Å². The van der Waals surface area contributed by atoms with Crippen LogP contribution in [0, 0.1) is 0 Å². The maximum absolute atomic E-state index is 12.2. The van der Waals surface area contributed by atoms with Crippen LogP contribution in [0.4, 0.5) is 5.69 Å². The number of ether oxygens (including phenoxy) is 1. The summed E-state index contributed by atoms with van der Waals surface area (Å²) in [6, 6.07) is 13.7. The van der Waals surface area contributed by atoms with Crippen molar-refractivity contribution in [3.05, 3.63) is 60.0 Å². The summed E-state index contributed by atoms with van der Waals surface area (Å²) in [5.41, 5.74) is 1.61. The molecule has 1 aromatic heterocycles. The fourth-order valence-corrected chi connectivity index (χ4v) is 2.19. The van der Waals surface area contributed by atoms with Crippen LogP contribution in [0.5, 0.6) is 5.75 Å². The standard InChI is InChI=1S/C18H15N3O4/c1-11(22)12-5-3-7-14(9-12)19-16(23)18-21-20-17(25-18)13-6-4-8-15(10-13)24-2/h3-10H,1-2H3,(H,19,23). The molecular weight excluding hydrogens is 322 g/mol. The van der Waals surface area contributed by atoms with Gasteiger partial charge in [-0.2, -0.15) is 0 Å². The van der Waals surface area contributed by atoms with Crippen LogP contribution in [0.25, 0.3) is 11.5 Å². The zero-order chi connectivity index (χ0) is 17.8. The van der Waals surface area contributed by atoms with Gasteiger partial charge in [0.2, 0.25) is 5.89 Å². The Morgan fingerprint density at radius 1 is 1.08 bits per heavy atom. The summed E-state index contributed by atoms with van der Waals surface area (Å²) in [6.07, 6.45) is 0. The van der Waals surface area contributed by atoms with Gasteiger partial charge in [0.15, 0.2) is 5.78 Å². The van der Waals surface area contributed by atoms with Gasteiger partial charge in [-0.1, -0.05) is 18.2 Å². The van der Waals surface area contributed by atoms with Gasteiger partial charge in [-0.05, 0) is 37.3 Å². The number of aromatic nitrogens is 2. The Morgan fingerprint density at radius 3 is 2.64 bits per heavy atom. The van der Waals surface area contributed by atoms with Crippen molar-refractivity contribution in [2.24, 2.45) is 0 Å². The smallest absolute Gasteiger partial charge is 0.313 e. The van der Waals surface area contributed by atoms with Gasteiger partial charge in [0.1, 0.15) is 5.75 Å². The maximum atomic E-state index is 12.2. The van der Waals surface area contributed by atoms with Gasteiger partial charge in [0, 0.05) is 16.8 Å². The summed E-state index contributed by atoms with van der Waals surface area (Å²) >= 11 is 0. The number of hydrogen-bond acceptors (Lipinski definition) is 6. The lowest BCUT2D eigenvalue weighted by molar-refractivity contribution is 0.0987. The number of nitrogens with zero attached hydrogens (tertiary/aromatic N) is 2. The summed E-state index contributed by atoms with van der Waals surface area (Å²) in [6.45, 7) is 1.46. The van der Waals surface area contributed by atoms with E-state index in [4.69, 9.17) is 9.15 Å². The van der Waals surface area contributed by atoms with Gasteiger partial charge < -0.3 is 14.5 Å². The molecule has 0 saturated heterocycles. The third-order valence-electron chi connectivity index (χ3n) is 3.46. The first-order chi connectivity index (χ1) is 12.1. The molecule has 0 aliphatic rings. The molecule has 0 fully saturated rings. The van der Waals surface area contributed by atoms with E-state index in [0.717, 1.165) is 0 Å². The van der Waals surface area contributed by atoms with E-state index < -0.39 is 5.91 Å². The topological polar surface area (TPSA) is 94.3 Å². The molecule has 25 heavy (non-hydrogen) atoms. The number of carbonyl (C=O) groups is 2. The zero-order valence-corrected chi connectivity index (χ0v) is 13.6. The molecule has 126 valence electrons. The van der Waals surface area contributed by atoms with Gasteiger partial charge in [-0.25, -0.2) is 0 Å². The van der Waals surface area contributed by atoms with Crippen LogP contribution in [0.3, 0.4) is 0 Å². The monoisotopic (exact) mass is 337 g/mol. The number of methoxy groups -OCH3 is 1. The largest absolute Gasteiger partial charge is 0.497 e. The third-order valence-corrected chi connectivity index (χ3v) is 3.46. The zero-order valence-electron chi connectivity index (χ0n) is 13.6. The Hall–Kier alpha value is -3.48. The number of rotatable bonds is 5. The van der Waals surface area contributed by atoms with Crippen molar-refractivity contribution in [3.63, 3.8) is 0 Å². The predicted octanol–water partition coefficient (Wildman–Crippen LogP) is 3.20. The van der Waals surface area contributed by atoms with Crippen molar-refractivity contribution < 1.29 is 18.7 Å². The van der Waals surface area contributed by atoms with Crippen LogP contribution < -0.4 is 10.1 Å². The minimum absolute atomic E-state index is 0.0887. The highest BCUT2D eigenvalue weighted by Gasteiger charge is 2.16. The lowest BCUT2D eigenvalue weighted by atomic mass is 10.1. The number of Topliss-reactive ketones (excluding diaryl/α,β-unsaturated/α-hetero) is 1. The average molecular weight is 337 g/mol. The normalized spacial score (nSPS) is 10.3. The number of ketones is 1. The quantitative estimate of drug-likeness (QED) is 0.719. The number of anilines is 1. The molecule has 0 spiro atoms. The van der Waals surface area contributed by atoms with Crippen molar-refractivity contribution in [1.82, 2.24) is 10.2 Å². The highest BCUT2D eigenvalue weighted by atomic mass is 16.5. The predicted molar refractivity (Wildman–Crippen MR) is 90.7 cm³/mol.